The van der Waals surface area contributed by atoms with E-state index in [1.807, 2.05) is 11.3 Å². The van der Waals surface area contributed by atoms with Gasteiger partial charge in [-0.3, -0.25) is 0 Å². The number of nitrogens with one attached hydrogen (secondary N) is 1. The van der Waals surface area contributed by atoms with Crippen LogP contribution in [0, 0.1) is 0 Å². The number of hydrogen-bond donors (Lipinski definition) is 1. The van der Waals surface area contributed by atoms with Gasteiger partial charge in [0.05, 0.1) is 5.52 Å². The van der Waals surface area contributed by atoms with Crippen LogP contribution < -0.4 is 16.2 Å². The van der Waals surface area contributed by atoms with Crippen LogP contribution >= 0.6 is 11.3 Å². The Labute approximate surface area is 372 Å². The lowest BCUT2D eigenvalue weighted by molar-refractivity contribution is 0.590. The fraction of sp³-hybridized carbons (Fsp3) is 0.138. The summed E-state index contributed by atoms with van der Waals surface area (Å²) in [6.07, 6.45) is 0. The third kappa shape index (κ3) is 6.08. The summed E-state index contributed by atoms with van der Waals surface area (Å²) in [6.45, 7) is 13.7. The molecule has 8 aromatic carbocycles. The van der Waals surface area contributed by atoms with Gasteiger partial charge in [-0.2, -0.15) is 0 Å². The van der Waals surface area contributed by atoms with Crippen molar-refractivity contribution in [1.29, 1.82) is 0 Å². The van der Waals surface area contributed by atoms with Crippen LogP contribution in [0.2, 0.25) is 0 Å². The summed E-state index contributed by atoms with van der Waals surface area (Å²) in [6, 6.07) is 60.2. The zero-order valence-corrected chi connectivity index (χ0v) is 37.2. The van der Waals surface area contributed by atoms with E-state index in [-0.39, 0.29) is 10.8 Å². The molecule has 0 amide bonds. The van der Waals surface area contributed by atoms with E-state index in [2.05, 4.69) is 222 Å². The van der Waals surface area contributed by atoms with Crippen molar-refractivity contribution < 1.29 is 4.42 Å². The van der Waals surface area contributed by atoms with E-state index >= 15 is 0 Å². The summed E-state index contributed by atoms with van der Waals surface area (Å²) >= 11 is 1.88. The molecule has 1 aliphatic rings. The largest absolute Gasteiger partial charge is 0.455 e. The van der Waals surface area contributed by atoms with E-state index in [9.17, 15) is 0 Å². The zero-order chi connectivity index (χ0) is 42.8. The minimum atomic E-state index is -0.0418. The first-order valence-corrected chi connectivity index (χ1v) is 22.8. The molecular weight excluding hydrogens is 784 g/mol. The third-order valence-corrected chi connectivity index (χ3v) is 14.3. The molecule has 5 heteroatoms. The molecule has 4 heterocycles. The van der Waals surface area contributed by atoms with Gasteiger partial charge >= 0.3 is 0 Å². The highest BCUT2D eigenvalue weighted by Crippen LogP contribution is 2.45. The fourth-order valence-electron chi connectivity index (χ4n) is 9.80. The number of anilines is 2. The minimum Gasteiger partial charge on any atom is -0.455 e. The molecular formula is C58H46BN2OS. The molecule has 0 saturated heterocycles. The Morgan fingerprint density at radius 1 is 0.508 bits per heavy atom. The van der Waals surface area contributed by atoms with E-state index < -0.39 is 0 Å². The van der Waals surface area contributed by atoms with Gasteiger partial charge in [0.1, 0.15) is 11.5 Å². The molecule has 11 aromatic rings. The summed E-state index contributed by atoms with van der Waals surface area (Å²) in [7, 11) is 2.44. The molecule has 0 fully saturated rings. The number of benzene rings is 8. The average molecular weight is 830 g/mol. The summed E-state index contributed by atoms with van der Waals surface area (Å²) in [4.78, 5) is 0. The summed E-state index contributed by atoms with van der Waals surface area (Å²) < 4.78 is 12.1. The number of furan rings is 1. The number of fused-ring (bicyclic) bond motifs is 9. The van der Waals surface area contributed by atoms with Crippen molar-refractivity contribution in [2.45, 2.75) is 52.4 Å². The van der Waals surface area contributed by atoms with Gasteiger partial charge in [0.2, 0.25) is 0 Å². The molecule has 3 aromatic heterocycles. The number of rotatable bonds is 5. The number of aromatic nitrogens is 1. The maximum absolute atomic E-state index is 6.97. The smallest absolute Gasteiger partial charge is 0.197 e. The van der Waals surface area contributed by atoms with Crippen molar-refractivity contribution >= 4 is 93.7 Å². The molecule has 303 valence electrons. The van der Waals surface area contributed by atoms with Crippen molar-refractivity contribution in [2.75, 3.05) is 5.32 Å². The predicted molar refractivity (Wildman–Crippen MR) is 272 cm³/mol. The molecule has 0 bridgehead atoms. The second kappa shape index (κ2) is 13.8. The van der Waals surface area contributed by atoms with Gasteiger partial charge in [-0.1, -0.05) is 162 Å². The first-order chi connectivity index (χ1) is 30.5. The minimum absolute atomic E-state index is 0.0418. The third-order valence-electron chi connectivity index (χ3n) is 13.1. The van der Waals surface area contributed by atoms with E-state index in [0.29, 0.717) is 0 Å². The van der Waals surface area contributed by atoms with Crippen LogP contribution in [0.5, 0.6) is 0 Å². The van der Waals surface area contributed by atoms with Crippen LogP contribution in [0.3, 0.4) is 0 Å². The molecule has 1 aliphatic heterocycles. The molecule has 3 nitrogen and oxygen atoms in total. The highest BCUT2D eigenvalue weighted by molar-refractivity contribution is 7.25. The lowest BCUT2D eigenvalue weighted by Crippen LogP contribution is -2.37. The van der Waals surface area contributed by atoms with Crippen molar-refractivity contribution in [3.05, 3.63) is 175 Å². The molecule has 0 unspecified atom stereocenters. The van der Waals surface area contributed by atoms with Crippen LogP contribution in [0.4, 0.5) is 11.4 Å². The summed E-state index contributed by atoms with van der Waals surface area (Å²) in [5, 5.41) is 11.2. The van der Waals surface area contributed by atoms with Gasteiger partial charge < -0.3 is 14.3 Å². The molecule has 0 atom stereocenters. The highest BCUT2D eigenvalue weighted by Gasteiger charge is 2.30. The van der Waals surface area contributed by atoms with Crippen LogP contribution in [-0.4, -0.2) is 11.8 Å². The Bertz CT molecular complexity index is 3620. The Morgan fingerprint density at radius 3 is 1.86 bits per heavy atom. The molecule has 0 aliphatic carbocycles. The first kappa shape index (κ1) is 37.9. The predicted octanol–water partition coefficient (Wildman–Crippen LogP) is 15.2. The number of nitrogens with zero attached hydrogens (tertiary/aromatic N) is 1. The van der Waals surface area contributed by atoms with E-state index in [1.54, 1.807) is 0 Å². The number of thiophene rings is 1. The lowest BCUT2D eigenvalue weighted by Gasteiger charge is -2.26. The molecule has 1 N–H and O–H groups in total. The van der Waals surface area contributed by atoms with Crippen LogP contribution in [0.1, 0.15) is 52.7 Å². The second-order valence-electron chi connectivity index (χ2n) is 19.3. The Kier molecular flexibility index (Phi) is 8.33. The Balaban J connectivity index is 1.15. The SMILES string of the molecule is CC(C)(C)c1ccc(Nc2ccc(C(C)(C)C)cc2-c2ccc3c4cc5c(cc4n4c3c2[B]c2cc3c(-c6ccccc6)oc(-c6ccccc6)c3cc2-4)sc2ccccc25)cc1. The van der Waals surface area contributed by atoms with Gasteiger partial charge in [0, 0.05) is 81.0 Å². The van der Waals surface area contributed by atoms with Crippen molar-refractivity contribution in [1.82, 2.24) is 4.57 Å². The van der Waals surface area contributed by atoms with Crippen molar-refractivity contribution in [3.8, 4) is 39.5 Å². The number of hydrogen-bond acceptors (Lipinski definition) is 3. The Hall–Kier alpha value is -6.82. The maximum atomic E-state index is 6.97. The molecule has 12 rings (SSSR count). The van der Waals surface area contributed by atoms with E-state index in [4.69, 9.17) is 4.42 Å². The van der Waals surface area contributed by atoms with Crippen LogP contribution in [0.25, 0.3) is 92.2 Å². The van der Waals surface area contributed by atoms with E-state index in [0.717, 1.165) is 55.9 Å². The summed E-state index contributed by atoms with van der Waals surface area (Å²) in [5.41, 5.74) is 15.3. The van der Waals surface area contributed by atoms with Crippen LogP contribution in [-0.2, 0) is 10.8 Å². The maximum Gasteiger partial charge on any atom is 0.197 e. The van der Waals surface area contributed by atoms with Gasteiger partial charge in [-0.15, -0.1) is 11.3 Å². The first-order valence-electron chi connectivity index (χ1n) is 22.0. The van der Waals surface area contributed by atoms with Crippen molar-refractivity contribution in [3.63, 3.8) is 0 Å². The lowest BCUT2D eigenvalue weighted by atomic mass is 9.58. The van der Waals surface area contributed by atoms with E-state index in [1.165, 1.54) is 69.7 Å². The van der Waals surface area contributed by atoms with Crippen LogP contribution in [0.15, 0.2) is 168 Å². The van der Waals surface area contributed by atoms with Gasteiger partial charge in [0.15, 0.2) is 7.28 Å². The molecule has 0 saturated carbocycles. The zero-order valence-electron chi connectivity index (χ0n) is 36.4. The molecule has 0 spiro atoms. The average Bonchev–Trinajstić information content (AvgIpc) is 3.95. The fourth-order valence-corrected chi connectivity index (χ4v) is 10.9. The topological polar surface area (TPSA) is 30.1 Å². The van der Waals surface area contributed by atoms with Gasteiger partial charge in [0.25, 0.3) is 0 Å². The van der Waals surface area contributed by atoms with Gasteiger partial charge in [-0.25, -0.2) is 0 Å². The molecule has 63 heavy (non-hydrogen) atoms. The van der Waals surface area contributed by atoms with Crippen molar-refractivity contribution in [2.24, 2.45) is 0 Å². The molecule has 1 radical (unpaired) electrons. The quantitative estimate of drug-likeness (QED) is 0.175. The highest BCUT2D eigenvalue weighted by atomic mass is 32.1. The Morgan fingerprint density at radius 2 is 1.16 bits per heavy atom. The van der Waals surface area contributed by atoms with Gasteiger partial charge in [-0.05, 0) is 81.5 Å². The second-order valence-corrected chi connectivity index (χ2v) is 20.4. The summed E-state index contributed by atoms with van der Waals surface area (Å²) in [5.74, 6) is 1.77. The normalized spacial score (nSPS) is 12.7. The monoisotopic (exact) mass is 829 g/mol. The standard InChI is InChI=1S/C58H46BN2OS/c1-57(2,3)36-21-24-38(25-22-36)60-48-28-23-37(58(4,5)6)29-42(48)40-26-27-41-43-30-44-39-19-13-14-20-51(39)63-52(44)33-49(43)61-50-32-46-45(31-47(50)59-53(40)54(41)61)55(34-15-9-7-10-16-34)62-56(46)35-17-11-8-12-18-35/h7-33,60H,1-6H3.